The van der Waals surface area contributed by atoms with Crippen LogP contribution in [0.2, 0.25) is 0 Å². The summed E-state index contributed by atoms with van der Waals surface area (Å²) < 4.78 is 55.3. The smallest absolute Gasteiger partial charge is 0.417 e. The van der Waals surface area contributed by atoms with Crippen LogP contribution < -0.4 is 20.3 Å². The van der Waals surface area contributed by atoms with E-state index in [0.717, 1.165) is 22.7 Å². The number of hydrogen-bond acceptors (Lipinski definition) is 11. The summed E-state index contributed by atoms with van der Waals surface area (Å²) in [5, 5.41) is 5.89. The second-order valence-corrected chi connectivity index (χ2v) is 14.0. The Morgan fingerprint density at radius 2 is 1.80 bits per heavy atom. The van der Waals surface area contributed by atoms with Gasteiger partial charge in [0.1, 0.15) is 29.5 Å². The first-order valence-electron chi connectivity index (χ1n) is 17.2. The maximum atomic E-state index is 14.3. The molecule has 15 heteroatoms. The van der Waals surface area contributed by atoms with Gasteiger partial charge in [0.25, 0.3) is 0 Å². The number of hydrogen-bond donors (Lipinski definition) is 2. The molecule has 1 atom stereocenters. The number of fused-ring (bicyclic) bond motifs is 1. The molecular weight excluding hydrogens is 722 g/mol. The minimum atomic E-state index is -4.59. The lowest BCUT2D eigenvalue weighted by molar-refractivity contribution is -0.138. The summed E-state index contributed by atoms with van der Waals surface area (Å²) in [7, 11) is 5.46. The van der Waals surface area contributed by atoms with E-state index >= 15 is 0 Å². The number of ether oxygens (including phenoxy) is 2. The van der Waals surface area contributed by atoms with Crippen LogP contribution in [0.1, 0.15) is 34.3 Å². The van der Waals surface area contributed by atoms with Gasteiger partial charge >= 0.3 is 6.18 Å². The topological polar surface area (TPSA) is 126 Å². The first-order chi connectivity index (χ1) is 25.9. The molecule has 0 radical (unpaired) electrons. The molecule has 0 aliphatic carbocycles. The van der Waals surface area contributed by atoms with Gasteiger partial charge < -0.3 is 19.7 Å². The zero-order chi connectivity index (χ0) is 38.4. The average molecular weight is 761 g/mol. The Balaban J connectivity index is 1.00. The fourth-order valence-corrected chi connectivity index (χ4v) is 7.10. The third-order valence-corrected chi connectivity index (χ3v) is 10.0. The Hall–Kier alpha value is -5.38. The maximum Gasteiger partial charge on any atom is 0.417 e. The molecule has 0 saturated carbocycles. The number of halogens is 3. The van der Waals surface area contributed by atoms with Gasteiger partial charge in [0.15, 0.2) is 0 Å². The number of carbonyl (C=O) groups is 3. The SMILES string of the molecule is CN(C)c1ccc(-c2ccc(-c3nc4cc(NCCOCCOc5ccc(C=O)c(CN(C)C6CCC(=O)NC6=O)c5)ccc4s3)c(C(F)(F)F)c2)cn1. The fraction of sp³-hybridized carbons (Fsp3) is 0.308. The summed E-state index contributed by atoms with van der Waals surface area (Å²) in [4.78, 5) is 48.0. The van der Waals surface area contributed by atoms with E-state index in [4.69, 9.17) is 9.47 Å². The van der Waals surface area contributed by atoms with Gasteiger partial charge in [-0.2, -0.15) is 13.2 Å². The van der Waals surface area contributed by atoms with Crippen LogP contribution in [0.25, 0.3) is 31.9 Å². The number of alkyl halides is 3. The number of aromatic nitrogens is 2. The molecule has 2 N–H and O–H groups in total. The number of nitrogens with one attached hydrogen (secondary N) is 2. The zero-order valence-corrected chi connectivity index (χ0v) is 30.7. The van der Waals surface area contributed by atoms with Crippen LogP contribution in [-0.4, -0.2) is 86.5 Å². The number of piperidine rings is 1. The Kier molecular flexibility index (Phi) is 11.9. The lowest BCUT2D eigenvalue weighted by Gasteiger charge is -2.30. The van der Waals surface area contributed by atoms with Crippen LogP contribution in [0.5, 0.6) is 5.75 Å². The maximum absolute atomic E-state index is 14.3. The van der Waals surface area contributed by atoms with Crippen molar-refractivity contribution in [2.75, 3.05) is 57.7 Å². The third-order valence-electron chi connectivity index (χ3n) is 8.96. The van der Waals surface area contributed by atoms with Gasteiger partial charge in [-0.05, 0) is 79.2 Å². The summed E-state index contributed by atoms with van der Waals surface area (Å²) in [5.41, 5.74) is 2.78. The number of benzene rings is 3. The number of likely N-dealkylation sites (N-methyl/N-ethyl adjacent to an activating group) is 1. The second kappa shape index (κ2) is 16.7. The highest BCUT2D eigenvalue weighted by Crippen LogP contribution is 2.42. The quantitative estimate of drug-likeness (QED) is 0.0680. The van der Waals surface area contributed by atoms with Crippen LogP contribution in [0.3, 0.4) is 0 Å². The number of aldehydes is 1. The van der Waals surface area contributed by atoms with Gasteiger partial charge in [0, 0.05) is 62.2 Å². The predicted molar refractivity (Wildman–Crippen MR) is 202 cm³/mol. The van der Waals surface area contributed by atoms with Crippen molar-refractivity contribution in [2.24, 2.45) is 0 Å². The van der Waals surface area contributed by atoms with E-state index in [9.17, 15) is 27.6 Å². The number of imide groups is 1. The molecule has 5 aromatic rings. The van der Waals surface area contributed by atoms with Crippen molar-refractivity contribution in [3.8, 4) is 27.4 Å². The lowest BCUT2D eigenvalue weighted by Crippen LogP contribution is -2.51. The zero-order valence-electron chi connectivity index (χ0n) is 29.9. The minimum Gasteiger partial charge on any atom is -0.491 e. The van der Waals surface area contributed by atoms with Gasteiger partial charge in [-0.25, -0.2) is 9.97 Å². The Labute approximate surface area is 314 Å². The van der Waals surface area contributed by atoms with Crippen LogP contribution in [0.4, 0.5) is 24.7 Å². The molecule has 6 rings (SSSR count). The molecule has 54 heavy (non-hydrogen) atoms. The highest BCUT2D eigenvalue weighted by molar-refractivity contribution is 7.21. The molecule has 1 unspecified atom stereocenters. The first-order valence-corrected chi connectivity index (χ1v) is 18.0. The highest BCUT2D eigenvalue weighted by Gasteiger charge is 2.35. The van der Waals surface area contributed by atoms with Gasteiger partial charge in [-0.3, -0.25) is 24.6 Å². The van der Waals surface area contributed by atoms with E-state index in [-0.39, 0.29) is 35.4 Å². The molecule has 11 nitrogen and oxygen atoms in total. The predicted octanol–water partition coefficient (Wildman–Crippen LogP) is 6.67. The molecule has 0 bridgehead atoms. The van der Waals surface area contributed by atoms with E-state index in [0.29, 0.717) is 72.1 Å². The Morgan fingerprint density at radius 3 is 2.52 bits per heavy atom. The first kappa shape index (κ1) is 38.3. The van der Waals surface area contributed by atoms with E-state index in [1.54, 1.807) is 55.7 Å². The van der Waals surface area contributed by atoms with Gasteiger partial charge in [-0.1, -0.05) is 12.1 Å². The van der Waals surface area contributed by atoms with Gasteiger partial charge in [-0.15, -0.1) is 11.3 Å². The summed E-state index contributed by atoms with van der Waals surface area (Å²) in [6, 6.07) is 17.9. The Bertz CT molecular complexity index is 2140. The highest BCUT2D eigenvalue weighted by atomic mass is 32.1. The van der Waals surface area contributed by atoms with Gasteiger partial charge in [0.2, 0.25) is 11.8 Å². The molecule has 1 fully saturated rings. The largest absolute Gasteiger partial charge is 0.491 e. The molecule has 2 amide bonds. The number of amides is 2. The normalized spacial score (nSPS) is 14.7. The van der Waals surface area contributed by atoms with Crippen molar-refractivity contribution in [3.05, 3.63) is 89.6 Å². The molecule has 1 aliphatic heterocycles. The number of pyridine rings is 1. The molecule has 3 aromatic carbocycles. The molecule has 0 spiro atoms. The third kappa shape index (κ3) is 9.21. The average Bonchev–Trinajstić information content (AvgIpc) is 3.57. The number of anilines is 2. The second-order valence-electron chi connectivity index (χ2n) is 13.0. The molecule has 3 heterocycles. The number of carbonyl (C=O) groups excluding carboxylic acids is 3. The summed E-state index contributed by atoms with van der Waals surface area (Å²) in [6.07, 6.45) is -1.59. The Morgan fingerprint density at radius 1 is 0.981 bits per heavy atom. The van der Waals surface area contributed by atoms with Crippen molar-refractivity contribution < 1.29 is 37.0 Å². The van der Waals surface area contributed by atoms with E-state index in [2.05, 4.69) is 20.6 Å². The van der Waals surface area contributed by atoms with E-state index < -0.39 is 17.8 Å². The number of rotatable bonds is 15. The summed E-state index contributed by atoms with van der Waals surface area (Å²) in [6.45, 7) is 1.72. The van der Waals surface area contributed by atoms with E-state index in [1.165, 1.54) is 17.4 Å². The van der Waals surface area contributed by atoms with Crippen LogP contribution >= 0.6 is 11.3 Å². The van der Waals surface area contributed by atoms with Crippen LogP contribution in [0.15, 0.2) is 72.9 Å². The molecule has 1 aliphatic rings. The van der Waals surface area contributed by atoms with Crippen LogP contribution in [-0.2, 0) is 27.0 Å². The van der Waals surface area contributed by atoms with Gasteiger partial charge in [0.05, 0.1) is 35.0 Å². The molecular formula is C39H39F3N6O5S. The molecule has 2 aromatic heterocycles. The molecule has 282 valence electrons. The van der Waals surface area contributed by atoms with Crippen molar-refractivity contribution in [3.63, 3.8) is 0 Å². The van der Waals surface area contributed by atoms with E-state index in [1.807, 2.05) is 36.0 Å². The minimum absolute atomic E-state index is 0.0194. The van der Waals surface area contributed by atoms with Crippen molar-refractivity contribution >= 4 is 51.2 Å². The molecule has 1 saturated heterocycles. The van der Waals surface area contributed by atoms with Crippen molar-refractivity contribution in [2.45, 2.75) is 31.6 Å². The standard InChI is InChI=1S/C39H39F3N6O5S/c1-47(2)35-12-6-25(21-44-35)24-5-9-30(31(19-24)39(40,41)42)38-45-32-20-28(7-11-34(32)54-38)43-14-15-52-16-17-53-29-8-4-26(23-49)27(18-29)22-48(3)33-10-13-36(50)46-37(33)51/h4-9,11-12,18-21,23,33,43H,10,13-17,22H2,1-3H3,(H,46,50,51). The van der Waals surface area contributed by atoms with Crippen molar-refractivity contribution in [1.82, 2.24) is 20.2 Å². The van der Waals surface area contributed by atoms with Crippen molar-refractivity contribution in [1.29, 1.82) is 0 Å². The summed E-state index contributed by atoms with van der Waals surface area (Å²) in [5.74, 6) is 0.625. The monoisotopic (exact) mass is 760 g/mol. The number of thiazole rings is 1. The van der Waals surface area contributed by atoms with Crippen LogP contribution in [0, 0.1) is 0 Å². The summed E-state index contributed by atoms with van der Waals surface area (Å²) >= 11 is 1.20. The lowest BCUT2D eigenvalue weighted by atomic mass is 10.00. The fourth-order valence-electron chi connectivity index (χ4n) is 6.11. The number of nitrogens with zero attached hydrogens (tertiary/aromatic N) is 4.